The van der Waals surface area contributed by atoms with E-state index in [1.807, 2.05) is 35.2 Å². The smallest absolute Gasteiger partial charge is 0.222 e. The number of amides is 1. The molecule has 3 rings (SSSR count). The van der Waals surface area contributed by atoms with Crippen LogP contribution in [0, 0.1) is 5.92 Å². The molecule has 1 aromatic rings. The fraction of sp³-hybridized carbons (Fsp3) is 0.632. The van der Waals surface area contributed by atoms with E-state index < -0.39 is 10.8 Å². The molecule has 1 heterocycles. The van der Waals surface area contributed by atoms with Crippen LogP contribution < -0.4 is 0 Å². The Bertz CT molecular complexity index is 550. The van der Waals surface area contributed by atoms with Crippen LogP contribution in [0.2, 0.25) is 0 Å². The number of nitrogens with zero attached hydrogens (tertiary/aromatic N) is 2. The van der Waals surface area contributed by atoms with Gasteiger partial charge < -0.3 is 4.90 Å². The Morgan fingerprint density at radius 1 is 1.04 bits per heavy atom. The molecular weight excluding hydrogens is 320 g/mol. The third kappa shape index (κ3) is 4.90. The summed E-state index contributed by atoms with van der Waals surface area (Å²) < 4.78 is 12.3. The number of carbonyl (C=O) groups is 1. The fourth-order valence-corrected chi connectivity index (χ4v) is 4.83. The van der Waals surface area contributed by atoms with E-state index >= 15 is 0 Å². The normalized spacial score (nSPS) is 21.1. The zero-order valence-electron chi connectivity index (χ0n) is 14.4. The molecule has 0 aromatic heterocycles. The molecule has 1 aliphatic carbocycles. The Morgan fingerprint density at radius 3 is 2.38 bits per heavy atom. The predicted molar refractivity (Wildman–Crippen MR) is 97.3 cm³/mol. The lowest BCUT2D eigenvalue weighted by molar-refractivity contribution is -0.133. The molecule has 1 saturated carbocycles. The van der Waals surface area contributed by atoms with Gasteiger partial charge in [-0.25, -0.2) is 0 Å². The molecule has 132 valence electrons. The molecule has 1 saturated heterocycles. The number of carbonyl (C=O) groups excluding carboxylic acids is 1. The lowest BCUT2D eigenvalue weighted by atomic mass is 10.0. The molecule has 0 radical (unpaired) electrons. The first kappa shape index (κ1) is 17.6. The van der Waals surface area contributed by atoms with Crippen LogP contribution in [0.5, 0.6) is 0 Å². The maximum atomic E-state index is 12.4. The summed E-state index contributed by atoms with van der Waals surface area (Å²) in [6, 6.07) is 9.66. The van der Waals surface area contributed by atoms with E-state index in [-0.39, 0.29) is 0 Å². The Morgan fingerprint density at radius 2 is 1.71 bits per heavy atom. The molecule has 2 aliphatic rings. The summed E-state index contributed by atoms with van der Waals surface area (Å²) in [5.74, 6) is 1.64. The highest BCUT2D eigenvalue weighted by molar-refractivity contribution is 7.85. The maximum absolute atomic E-state index is 12.4. The van der Waals surface area contributed by atoms with Crippen molar-refractivity contribution in [1.29, 1.82) is 0 Å². The summed E-state index contributed by atoms with van der Waals surface area (Å²) in [5, 5.41) is 0. The Kier molecular flexibility index (Phi) is 6.44. The van der Waals surface area contributed by atoms with Gasteiger partial charge >= 0.3 is 0 Å². The van der Waals surface area contributed by atoms with Gasteiger partial charge in [-0.2, -0.15) is 0 Å². The second-order valence-electron chi connectivity index (χ2n) is 6.94. The van der Waals surface area contributed by atoms with Crippen LogP contribution in [-0.2, 0) is 15.6 Å². The molecule has 1 amide bonds. The lowest BCUT2D eigenvalue weighted by Gasteiger charge is -2.35. The number of hydrogen-bond donors (Lipinski definition) is 0. The first-order chi connectivity index (χ1) is 11.7. The summed E-state index contributed by atoms with van der Waals surface area (Å²) in [6.07, 6.45) is 5.81. The van der Waals surface area contributed by atoms with Crippen molar-refractivity contribution in [2.75, 3.05) is 38.5 Å². The molecule has 0 spiro atoms. The third-order valence-corrected chi connectivity index (χ3v) is 6.61. The number of piperazine rings is 1. The van der Waals surface area contributed by atoms with Crippen molar-refractivity contribution in [1.82, 2.24) is 9.80 Å². The topological polar surface area (TPSA) is 40.6 Å². The average Bonchev–Trinajstić information content (AvgIpc) is 3.14. The van der Waals surface area contributed by atoms with Crippen molar-refractivity contribution in [3.05, 3.63) is 30.3 Å². The van der Waals surface area contributed by atoms with E-state index in [1.54, 1.807) is 0 Å². The number of rotatable bonds is 6. The molecule has 1 aliphatic heterocycles. The molecular formula is C19H28N2O2S. The van der Waals surface area contributed by atoms with E-state index in [2.05, 4.69) is 4.90 Å². The first-order valence-corrected chi connectivity index (χ1v) is 10.5. The highest BCUT2D eigenvalue weighted by Gasteiger charge is 2.25. The number of hydrogen-bond acceptors (Lipinski definition) is 3. The summed E-state index contributed by atoms with van der Waals surface area (Å²) in [6.45, 7) is 4.30. The summed E-state index contributed by atoms with van der Waals surface area (Å²) in [5.41, 5.74) is 0. The van der Waals surface area contributed by atoms with Gasteiger partial charge in [0.05, 0.1) is 10.8 Å². The van der Waals surface area contributed by atoms with Crippen molar-refractivity contribution in [2.24, 2.45) is 5.92 Å². The van der Waals surface area contributed by atoms with Gasteiger partial charge in [0.1, 0.15) is 0 Å². The van der Waals surface area contributed by atoms with Crippen molar-refractivity contribution in [2.45, 2.75) is 37.0 Å². The summed E-state index contributed by atoms with van der Waals surface area (Å²) in [4.78, 5) is 17.6. The van der Waals surface area contributed by atoms with Crippen LogP contribution in [0.25, 0.3) is 0 Å². The van der Waals surface area contributed by atoms with Gasteiger partial charge in [0.2, 0.25) is 5.91 Å². The van der Waals surface area contributed by atoms with Gasteiger partial charge in [0.15, 0.2) is 0 Å². The minimum atomic E-state index is -0.928. The van der Waals surface area contributed by atoms with Gasteiger partial charge in [0.25, 0.3) is 0 Å². The number of benzene rings is 1. The van der Waals surface area contributed by atoms with E-state index in [1.165, 1.54) is 25.7 Å². The lowest BCUT2D eigenvalue weighted by Crippen LogP contribution is -2.49. The maximum Gasteiger partial charge on any atom is 0.222 e. The molecule has 5 heteroatoms. The molecule has 2 fully saturated rings. The van der Waals surface area contributed by atoms with Gasteiger partial charge in [-0.1, -0.05) is 31.0 Å². The Labute approximate surface area is 147 Å². The highest BCUT2D eigenvalue weighted by Crippen LogP contribution is 2.28. The van der Waals surface area contributed by atoms with E-state index in [0.29, 0.717) is 17.6 Å². The summed E-state index contributed by atoms with van der Waals surface area (Å²) >= 11 is 0. The molecule has 4 nitrogen and oxygen atoms in total. The van der Waals surface area contributed by atoms with E-state index in [0.717, 1.165) is 44.0 Å². The van der Waals surface area contributed by atoms with Crippen LogP contribution in [0.1, 0.15) is 32.1 Å². The standard InChI is InChI=1S/C19H28N2O2S/c22-19(16-17-6-4-5-7-17)21-12-10-20(11-13-21)14-15-24(23)18-8-2-1-3-9-18/h1-3,8-9,17H,4-7,10-16H2/t24-/m1/s1. The summed E-state index contributed by atoms with van der Waals surface area (Å²) in [7, 11) is -0.928. The van der Waals surface area contributed by atoms with Crippen LogP contribution in [0.4, 0.5) is 0 Å². The zero-order valence-corrected chi connectivity index (χ0v) is 15.2. The van der Waals surface area contributed by atoms with E-state index in [9.17, 15) is 9.00 Å². The second kappa shape index (κ2) is 8.77. The molecule has 24 heavy (non-hydrogen) atoms. The highest BCUT2D eigenvalue weighted by atomic mass is 32.2. The van der Waals surface area contributed by atoms with Crippen LogP contribution in [0.3, 0.4) is 0 Å². The molecule has 0 N–H and O–H groups in total. The quantitative estimate of drug-likeness (QED) is 0.793. The molecule has 1 aromatic carbocycles. The largest absolute Gasteiger partial charge is 0.340 e. The van der Waals surface area contributed by atoms with Crippen molar-refractivity contribution in [3.8, 4) is 0 Å². The minimum absolute atomic E-state index is 0.342. The zero-order chi connectivity index (χ0) is 16.8. The first-order valence-electron chi connectivity index (χ1n) is 9.16. The van der Waals surface area contributed by atoms with Crippen molar-refractivity contribution >= 4 is 16.7 Å². The van der Waals surface area contributed by atoms with Crippen LogP contribution in [-0.4, -0.2) is 58.4 Å². The minimum Gasteiger partial charge on any atom is -0.340 e. The fourth-order valence-electron chi connectivity index (χ4n) is 3.71. The second-order valence-corrected chi connectivity index (χ2v) is 8.51. The average molecular weight is 349 g/mol. The van der Waals surface area contributed by atoms with Gasteiger partial charge in [0, 0.05) is 49.8 Å². The van der Waals surface area contributed by atoms with Crippen LogP contribution in [0.15, 0.2) is 35.2 Å². The SMILES string of the molecule is O=C(CC1CCCC1)N1CCN(CC[S@@](=O)c2ccccc2)CC1. The molecule has 0 bridgehead atoms. The van der Waals surface area contributed by atoms with Crippen molar-refractivity contribution in [3.63, 3.8) is 0 Å². The van der Waals surface area contributed by atoms with Gasteiger partial charge in [-0.05, 0) is 30.9 Å². The van der Waals surface area contributed by atoms with Crippen LogP contribution >= 0.6 is 0 Å². The van der Waals surface area contributed by atoms with E-state index in [4.69, 9.17) is 0 Å². The monoisotopic (exact) mass is 348 g/mol. The van der Waals surface area contributed by atoms with Gasteiger partial charge in [-0.3, -0.25) is 13.9 Å². The van der Waals surface area contributed by atoms with Gasteiger partial charge in [-0.15, -0.1) is 0 Å². The Balaban J connectivity index is 1.37. The Hall–Kier alpha value is -1.20. The molecule has 1 atom stereocenters. The molecule has 0 unspecified atom stereocenters. The predicted octanol–water partition coefficient (Wildman–Crippen LogP) is 2.52. The van der Waals surface area contributed by atoms with Crippen molar-refractivity contribution < 1.29 is 9.00 Å². The third-order valence-electron chi connectivity index (χ3n) is 5.26.